The third kappa shape index (κ3) is 4.29. The molecule has 0 saturated heterocycles. The molecule has 2 aromatic carbocycles. The normalized spacial score (nSPS) is 10.6. The third-order valence-corrected chi connectivity index (χ3v) is 3.66. The minimum absolute atomic E-state index is 0.00953. The monoisotopic (exact) mass is 342 g/mol. The first kappa shape index (κ1) is 16.8. The summed E-state index contributed by atoms with van der Waals surface area (Å²) in [5.41, 5.74) is 0.749. The lowest BCUT2D eigenvalue weighted by Crippen LogP contribution is -2.22. The van der Waals surface area contributed by atoms with Gasteiger partial charge < -0.3 is 9.73 Å². The number of hydrogen-bond acceptors (Lipinski definition) is 3. The van der Waals surface area contributed by atoms with E-state index in [4.69, 9.17) is 4.42 Å². The first-order valence-corrected chi connectivity index (χ1v) is 7.83. The average molecular weight is 342 g/mol. The number of carbonyl (C=O) groups excluding carboxylic acids is 1. The molecule has 3 aromatic rings. The van der Waals surface area contributed by atoms with Crippen LogP contribution in [0.5, 0.6) is 0 Å². The van der Waals surface area contributed by atoms with Gasteiger partial charge in [0.05, 0.1) is 11.8 Å². The summed E-state index contributed by atoms with van der Waals surface area (Å²) in [5.74, 6) is -1.32. The summed E-state index contributed by atoms with van der Waals surface area (Å²) in [6, 6.07) is 13.1. The van der Waals surface area contributed by atoms with Gasteiger partial charge in [-0.2, -0.15) is 0 Å². The van der Waals surface area contributed by atoms with E-state index in [1.165, 1.54) is 12.3 Å². The van der Waals surface area contributed by atoms with E-state index in [0.717, 1.165) is 17.7 Å². The molecular weight excluding hydrogens is 326 g/mol. The second-order valence-electron chi connectivity index (χ2n) is 5.48. The van der Waals surface area contributed by atoms with Gasteiger partial charge in [-0.15, -0.1) is 0 Å². The first-order chi connectivity index (χ1) is 12.1. The Kier molecular flexibility index (Phi) is 5.18. The van der Waals surface area contributed by atoms with Gasteiger partial charge in [0.25, 0.3) is 0 Å². The lowest BCUT2D eigenvalue weighted by Gasteiger charge is -2.04. The van der Waals surface area contributed by atoms with Crippen LogP contribution in [0.4, 0.5) is 8.78 Å². The average Bonchev–Trinajstić information content (AvgIpc) is 3.07. The molecule has 25 heavy (non-hydrogen) atoms. The van der Waals surface area contributed by atoms with Crippen LogP contribution >= 0.6 is 0 Å². The second-order valence-corrected chi connectivity index (χ2v) is 5.48. The maximum Gasteiger partial charge on any atom is 0.220 e. The molecule has 0 atom stereocenters. The Labute approximate surface area is 143 Å². The van der Waals surface area contributed by atoms with Crippen molar-refractivity contribution >= 4 is 5.91 Å². The van der Waals surface area contributed by atoms with Crippen molar-refractivity contribution in [2.24, 2.45) is 0 Å². The number of hydrogen-bond donors (Lipinski definition) is 1. The maximum absolute atomic E-state index is 13.7. The highest BCUT2D eigenvalue weighted by molar-refractivity contribution is 5.76. The molecule has 0 aliphatic carbocycles. The van der Waals surface area contributed by atoms with Gasteiger partial charge in [-0.05, 0) is 17.7 Å². The van der Waals surface area contributed by atoms with E-state index in [9.17, 15) is 13.6 Å². The van der Waals surface area contributed by atoms with Crippen LogP contribution in [0.15, 0.2) is 59.1 Å². The van der Waals surface area contributed by atoms with Gasteiger partial charge >= 0.3 is 0 Å². The summed E-state index contributed by atoms with van der Waals surface area (Å²) < 4.78 is 32.8. The molecule has 128 valence electrons. The van der Waals surface area contributed by atoms with Crippen LogP contribution in [0, 0.1) is 11.6 Å². The highest BCUT2D eigenvalue weighted by atomic mass is 19.1. The van der Waals surface area contributed by atoms with Crippen LogP contribution in [-0.2, 0) is 17.8 Å². The Hall–Kier alpha value is -3.02. The lowest BCUT2D eigenvalue weighted by atomic mass is 10.1. The lowest BCUT2D eigenvalue weighted by molar-refractivity contribution is -0.121. The van der Waals surface area contributed by atoms with Crippen LogP contribution in [0.1, 0.15) is 17.9 Å². The molecule has 6 heteroatoms. The predicted octanol–water partition coefficient (Wildman–Crippen LogP) is 3.87. The van der Waals surface area contributed by atoms with Crippen molar-refractivity contribution in [3.63, 3.8) is 0 Å². The molecule has 1 amide bonds. The molecule has 0 spiro atoms. The molecule has 1 N–H and O–H groups in total. The zero-order chi connectivity index (χ0) is 17.6. The molecule has 0 radical (unpaired) electrons. The minimum Gasteiger partial charge on any atom is -0.441 e. The zero-order valence-electron chi connectivity index (χ0n) is 13.3. The number of nitrogens with zero attached hydrogens (tertiary/aromatic N) is 1. The fraction of sp³-hybridized carbons (Fsp3) is 0.158. The molecule has 0 bridgehead atoms. The molecule has 0 aliphatic heterocycles. The SMILES string of the molecule is O=C(CCc1ncc(-c2c(F)cccc2F)o1)NCc1ccccc1. The molecule has 0 unspecified atom stereocenters. The number of rotatable bonds is 6. The van der Waals surface area contributed by atoms with Gasteiger partial charge in [-0.25, -0.2) is 13.8 Å². The Morgan fingerprint density at radius 3 is 2.48 bits per heavy atom. The maximum atomic E-state index is 13.7. The fourth-order valence-electron chi connectivity index (χ4n) is 2.38. The van der Waals surface area contributed by atoms with E-state index >= 15 is 0 Å². The van der Waals surface area contributed by atoms with Gasteiger partial charge in [-0.1, -0.05) is 36.4 Å². The van der Waals surface area contributed by atoms with E-state index in [1.54, 1.807) is 0 Å². The van der Waals surface area contributed by atoms with Gasteiger partial charge in [0.1, 0.15) is 11.6 Å². The van der Waals surface area contributed by atoms with Crippen LogP contribution < -0.4 is 5.32 Å². The molecule has 1 heterocycles. The van der Waals surface area contributed by atoms with Gasteiger partial charge in [0.15, 0.2) is 11.7 Å². The van der Waals surface area contributed by atoms with Gasteiger partial charge in [-0.3, -0.25) is 4.79 Å². The molecule has 1 aromatic heterocycles. The number of oxazole rings is 1. The van der Waals surface area contributed by atoms with Crippen molar-refractivity contribution in [1.29, 1.82) is 0 Å². The second kappa shape index (κ2) is 7.70. The van der Waals surface area contributed by atoms with Crippen molar-refractivity contribution in [2.75, 3.05) is 0 Å². The van der Waals surface area contributed by atoms with Gasteiger partial charge in [0, 0.05) is 19.4 Å². The van der Waals surface area contributed by atoms with Crippen LogP contribution in [-0.4, -0.2) is 10.9 Å². The Bertz CT molecular complexity index is 843. The summed E-state index contributed by atoms with van der Waals surface area (Å²) in [6.07, 6.45) is 1.68. The molecule has 3 rings (SSSR count). The third-order valence-electron chi connectivity index (χ3n) is 3.66. The predicted molar refractivity (Wildman–Crippen MR) is 88.5 cm³/mol. The first-order valence-electron chi connectivity index (χ1n) is 7.83. The quantitative estimate of drug-likeness (QED) is 0.740. The zero-order valence-corrected chi connectivity index (χ0v) is 13.3. The van der Waals surface area contributed by atoms with Crippen LogP contribution in [0.2, 0.25) is 0 Å². The molecule has 0 fully saturated rings. The minimum atomic E-state index is -0.719. The highest BCUT2D eigenvalue weighted by Crippen LogP contribution is 2.26. The Morgan fingerprint density at radius 2 is 1.76 bits per heavy atom. The largest absolute Gasteiger partial charge is 0.441 e. The summed E-state index contributed by atoms with van der Waals surface area (Å²) in [7, 11) is 0. The molecule has 4 nitrogen and oxygen atoms in total. The standard InChI is InChI=1S/C19H16F2N2O2/c20-14-7-4-8-15(21)19(14)16-12-23-18(25-16)10-9-17(24)22-11-13-5-2-1-3-6-13/h1-8,12H,9-11H2,(H,22,24). The van der Waals surface area contributed by atoms with Crippen molar-refractivity contribution in [1.82, 2.24) is 10.3 Å². The van der Waals surface area contributed by atoms with E-state index < -0.39 is 11.6 Å². The van der Waals surface area contributed by atoms with Crippen molar-refractivity contribution in [2.45, 2.75) is 19.4 Å². The number of aryl methyl sites for hydroxylation is 1. The van der Waals surface area contributed by atoms with Crippen LogP contribution in [0.25, 0.3) is 11.3 Å². The fourth-order valence-corrected chi connectivity index (χ4v) is 2.38. The number of nitrogens with one attached hydrogen (secondary N) is 1. The molecule has 0 aliphatic rings. The number of carbonyl (C=O) groups is 1. The molecule has 0 saturated carbocycles. The summed E-state index contributed by atoms with van der Waals surface area (Å²) in [6.45, 7) is 0.441. The molecular formula is C19H16F2N2O2. The van der Waals surface area contributed by atoms with E-state index in [0.29, 0.717) is 6.54 Å². The number of halogens is 2. The number of benzene rings is 2. The summed E-state index contributed by atoms with van der Waals surface area (Å²) in [5, 5.41) is 2.80. The van der Waals surface area contributed by atoms with Crippen molar-refractivity contribution in [3.8, 4) is 11.3 Å². The summed E-state index contributed by atoms with van der Waals surface area (Å²) in [4.78, 5) is 15.9. The number of aromatic nitrogens is 1. The topological polar surface area (TPSA) is 55.1 Å². The Balaban J connectivity index is 1.56. The Morgan fingerprint density at radius 1 is 1.04 bits per heavy atom. The number of amides is 1. The van der Waals surface area contributed by atoms with E-state index in [-0.39, 0.29) is 36.0 Å². The van der Waals surface area contributed by atoms with Gasteiger partial charge in [0.2, 0.25) is 5.91 Å². The van der Waals surface area contributed by atoms with Crippen molar-refractivity contribution in [3.05, 3.63) is 77.8 Å². The van der Waals surface area contributed by atoms with E-state index in [1.807, 2.05) is 30.3 Å². The van der Waals surface area contributed by atoms with Crippen molar-refractivity contribution < 1.29 is 18.0 Å². The smallest absolute Gasteiger partial charge is 0.220 e. The summed E-state index contributed by atoms with van der Waals surface area (Å²) >= 11 is 0. The highest BCUT2D eigenvalue weighted by Gasteiger charge is 2.16. The van der Waals surface area contributed by atoms with Crippen LogP contribution in [0.3, 0.4) is 0 Å². The van der Waals surface area contributed by atoms with E-state index in [2.05, 4.69) is 10.3 Å².